The first-order valence-electron chi connectivity index (χ1n) is 9.55. The first-order chi connectivity index (χ1) is 14.6. The van der Waals surface area contributed by atoms with E-state index in [1.807, 2.05) is 71.4 Å². The van der Waals surface area contributed by atoms with E-state index in [4.69, 9.17) is 9.47 Å². The third-order valence-electron chi connectivity index (χ3n) is 4.94. The fourth-order valence-corrected chi connectivity index (χ4v) is 3.46. The molecule has 3 heterocycles. The number of pyridine rings is 1. The standard InChI is InChI=1S/C24H19N3O3/c1-26(2)24(28)30-22-19-9-6-14-27(19)23-20(10-5-13-25-23)29-21(22)18-12-11-16-7-3-4-8-17(16)15-18/h3-15H,1-2H3. The molecule has 1 aliphatic rings. The molecular weight excluding hydrogens is 378 g/mol. The Balaban J connectivity index is 1.77. The predicted molar refractivity (Wildman–Crippen MR) is 115 cm³/mol. The zero-order valence-corrected chi connectivity index (χ0v) is 16.6. The number of hydrogen-bond donors (Lipinski definition) is 0. The molecule has 2 aromatic heterocycles. The van der Waals surface area contributed by atoms with Crippen molar-refractivity contribution in [3.8, 4) is 11.6 Å². The maximum atomic E-state index is 12.5. The summed E-state index contributed by atoms with van der Waals surface area (Å²) in [4.78, 5) is 18.4. The molecule has 0 saturated carbocycles. The van der Waals surface area contributed by atoms with E-state index < -0.39 is 6.09 Å². The molecule has 30 heavy (non-hydrogen) atoms. The Bertz CT molecular complexity index is 1300. The van der Waals surface area contributed by atoms with Crippen LogP contribution in [0.1, 0.15) is 11.3 Å². The van der Waals surface area contributed by atoms with Crippen LogP contribution in [0.4, 0.5) is 4.79 Å². The lowest BCUT2D eigenvalue weighted by Gasteiger charge is -2.16. The highest BCUT2D eigenvalue weighted by molar-refractivity contribution is 5.93. The highest BCUT2D eigenvalue weighted by Crippen LogP contribution is 2.38. The van der Waals surface area contributed by atoms with Gasteiger partial charge in [0.05, 0.1) is 5.69 Å². The average molecular weight is 397 g/mol. The van der Waals surface area contributed by atoms with Gasteiger partial charge >= 0.3 is 6.09 Å². The Morgan fingerprint density at radius 3 is 2.67 bits per heavy atom. The molecule has 6 heteroatoms. The van der Waals surface area contributed by atoms with Gasteiger partial charge in [-0.05, 0) is 41.1 Å². The molecule has 0 aliphatic carbocycles. The van der Waals surface area contributed by atoms with Crippen molar-refractivity contribution in [3.05, 3.63) is 90.4 Å². The Labute approximate surface area is 173 Å². The lowest BCUT2D eigenvalue weighted by Crippen LogP contribution is -2.23. The number of fused-ring (bicyclic) bond motifs is 4. The van der Waals surface area contributed by atoms with E-state index in [-0.39, 0.29) is 0 Å². The molecule has 0 unspecified atom stereocenters. The van der Waals surface area contributed by atoms with Crippen LogP contribution < -0.4 is 4.74 Å². The first kappa shape index (κ1) is 18.0. The van der Waals surface area contributed by atoms with Crippen LogP contribution >= 0.6 is 0 Å². The van der Waals surface area contributed by atoms with E-state index in [1.165, 1.54) is 4.90 Å². The molecular formula is C24H19N3O3. The van der Waals surface area contributed by atoms with Gasteiger partial charge in [0.25, 0.3) is 0 Å². The second kappa shape index (κ2) is 7.08. The molecule has 0 spiro atoms. The van der Waals surface area contributed by atoms with Crippen LogP contribution in [0, 0.1) is 0 Å². The minimum atomic E-state index is -0.487. The Morgan fingerprint density at radius 2 is 1.83 bits per heavy atom. The zero-order valence-electron chi connectivity index (χ0n) is 16.6. The summed E-state index contributed by atoms with van der Waals surface area (Å²) < 4.78 is 14.0. The maximum absolute atomic E-state index is 12.5. The summed E-state index contributed by atoms with van der Waals surface area (Å²) in [6, 6.07) is 21.6. The largest absolute Gasteiger partial charge is 0.449 e. The Morgan fingerprint density at radius 1 is 1.00 bits per heavy atom. The summed E-state index contributed by atoms with van der Waals surface area (Å²) in [6.07, 6.45) is 3.09. The average Bonchev–Trinajstić information content (AvgIpc) is 3.21. The molecule has 6 nitrogen and oxygen atoms in total. The van der Waals surface area contributed by atoms with Gasteiger partial charge in [0.15, 0.2) is 23.1 Å². The minimum absolute atomic E-state index is 0.340. The number of amides is 1. The lowest BCUT2D eigenvalue weighted by atomic mass is 10.0. The van der Waals surface area contributed by atoms with Gasteiger partial charge in [-0.1, -0.05) is 36.4 Å². The summed E-state index contributed by atoms with van der Waals surface area (Å²) in [6.45, 7) is 0. The van der Waals surface area contributed by atoms with Gasteiger partial charge in [0.2, 0.25) is 0 Å². The zero-order chi connectivity index (χ0) is 20.7. The molecule has 0 atom stereocenters. The van der Waals surface area contributed by atoms with E-state index in [2.05, 4.69) is 11.1 Å². The van der Waals surface area contributed by atoms with Crippen LogP contribution in [0.25, 0.3) is 28.1 Å². The molecule has 0 saturated heterocycles. The number of nitrogens with zero attached hydrogens (tertiary/aromatic N) is 3. The molecule has 1 amide bonds. The van der Waals surface area contributed by atoms with Crippen LogP contribution in [-0.4, -0.2) is 34.6 Å². The van der Waals surface area contributed by atoms with Crippen molar-refractivity contribution in [2.24, 2.45) is 0 Å². The summed E-state index contributed by atoms with van der Waals surface area (Å²) in [7, 11) is 3.29. The van der Waals surface area contributed by atoms with E-state index in [0.29, 0.717) is 28.8 Å². The number of benzene rings is 2. The molecule has 0 bridgehead atoms. The smallest absolute Gasteiger partial charge is 0.414 e. The maximum Gasteiger partial charge on any atom is 0.414 e. The van der Waals surface area contributed by atoms with Crippen molar-refractivity contribution < 1.29 is 14.3 Å². The number of carbonyl (C=O) groups excluding carboxylic acids is 1. The van der Waals surface area contributed by atoms with Gasteiger partial charge in [-0.2, -0.15) is 0 Å². The van der Waals surface area contributed by atoms with Gasteiger partial charge in [-0.3, -0.25) is 4.57 Å². The van der Waals surface area contributed by atoms with Crippen LogP contribution in [0.5, 0.6) is 5.75 Å². The van der Waals surface area contributed by atoms with Gasteiger partial charge in [0.1, 0.15) is 0 Å². The van der Waals surface area contributed by atoms with Crippen molar-refractivity contribution in [2.75, 3.05) is 14.1 Å². The second-order valence-corrected chi connectivity index (χ2v) is 7.17. The van der Waals surface area contributed by atoms with E-state index >= 15 is 0 Å². The topological polar surface area (TPSA) is 56.6 Å². The second-order valence-electron chi connectivity index (χ2n) is 7.17. The molecule has 0 fully saturated rings. The number of rotatable bonds is 2. The minimum Gasteiger partial charge on any atom is -0.449 e. The Kier molecular flexibility index (Phi) is 4.25. The number of hydrogen-bond acceptors (Lipinski definition) is 4. The highest BCUT2D eigenvalue weighted by Gasteiger charge is 2.28. The van der Waals surface area contributed by atoms with Crippen LogP contribution in [-0.2, 0) is 4.74 Å². The summed E-state index contributed by atoms with van der Waals surface area (Å²) in [5.41, 5.74) is 1.49. The SMILES string of the molecule is CN(C)C(=O)OC1=C(c2ccc3ccccc3c2)Oc2cccnc2-n2cccc21. The van der Waals surface area contributed by atoms with Crippen molar-refractivity contribution in [1.82, 2.24) is 14.5 Å². The first-order valence-corrected chi connectivity index (χ1v) is 9.55. The summed E-state index contributed by atoms with van der Waals surface area (Å²) in [5.74, 6) is 2.01. The molecule has 5 rings (SSSR count). The van der Waals surface area contributed by atoms with Crippen molar-refractivity contribution >= 4 is 28.4 Å². The third kappa shape index (κ3) is 2.99. The molecule has 0 N–H and O–H groups in total. The van der Waals surface area contributed by atoms with E-state index in [1.54, 1.807) is 20.3 Å². The van der Waals surface area contributed by atoms with E-state index in [0.717, 1.165) is 16.3 Å². The molecule has 148 valence electrons. The summed E-state index contributed by atoms with van der Waals surface area (Å²) >= 11 is 0. The van der Waals surface area contributed by atoms with Gasteiger partial charge < -0.3 is 14.4 Å². The molecule has 0 radical (unpaired) electrons. The number of ether oxygens (including phenoxy) is 2. The monoisotopic (exact) mass is 397 g/mol. The molecule has 1 aliphatic heterocycles. The van der Waals surface area contributed by atoms with Crippen LogP contribution in [0.15, 0.2) is 79.1 Å². The number of carbonyl (C=O) groups is 1. The molecule has 2 aromatic carbocycles. The molecule has 4 aromatic rings. The third-order valence-corrected chi connectivity index (χ3v) is 4.94. The van der Waals surface area contributed by atoms with Crippen LogP contribution in [0.2, 0.25) is 0 Å². The van der Waals surface area contributed by atoms with Crippen molar-refractivity contribution in [1.29, 1.82) is 0 Å². The predicted octanol–water partition coefficient (Wildman–Crippen LogP) is 4.94. The lowest BCUT2D eigenvalue weighted by molar-refractivity contribution is 0.162. The fraction of sp³-hybridized carbons (Fsp3) is 0.0833. The Hall–Kier alpha value is -4.06. The van der Waals surface area contributed by atoms with Crippen molar-refractivity contribution in [3.63, 3.8) is 0 Å². The quantitative estimate of drug-likeness (QED) is 0.481. The number of aromatic nitrogens is 2. The summed E-state index contributed by atoms with van der Waals surface area (Å²) in [5, 5.41) is 2.18. The van der Waals surface area contributed by atoms with E-state index in [9.17, 15) is 4.79 Å². The van der Waals surface area contributed by atoms with Crippen molar-refractivity contribution in [2.45, 2.75) is 0 Å². The van der Waals surface area contributed by atoms with Crippen LogP contribution in [0.3, 0.4) is 0 Å². The fourth-order valence-electron chi connectivity index (χ4n) is 3.46. The van der Waals surface area contributed by atoms with Gasteiger partial charge in [-0.25, -0.2) is 9.78 Å². The highest BCUT2D eigenvalue weighted by atomic mass is 16.6. The normalized spacial score (nSPS) is 12.6. The van der Waals surface area contributed by atoms with Gasteiger partial charge in [0, 0.05) is 32.1 Å². The van der Waals surface area contributed by atoms with Gasteiger partial charge in [-0.15, -0.1) is 0 Å².